The molecule has 3 aromatic rings. The molecule has 2 aromatic carbocycles. The van der Waals surface area contributed by atoms with E-state index in [2.05, 4.69) is 34.2 Å². The average molecular weight is 389 g/mol. The van der Waals surface area contributed by atoms with Gasteiger partial charge >= 0.3 is 0 Å². The van der Waals surface area contributed by atoms with E-state index in [-0.39, 0.29) is 5.91 Å². The Labute approximate surface area is 171 Å². The SMILES string of the molecule is COc1ccc2[nH]c(C(=O)N3CCN(C/C=C/c4ccccc4)CC3)c(C)c2c1. The van der Waals surface area contributed by atoms with Crippen molar-refractivity contribution in [3.05, 3.63) is 71.4 Å². The molecule has 150 valence electrons. The van der Waals surface area contributed by atoms with Gasteiger partial charge in [-0.05, 0) is 36.2 Å². The van der Waals surface area contributed by atoms with E-state index in [9.17, 15) is 4.79 Å². The zero-order valence-corrected chi connectivity index (χ0v) is 17.0. The van der Waals surface area contributed by atoms with Crippen molar-refractivity contribution in [2.24, 2.45) is 0 Å². The highest BCUT2D eigenvalue weighted by atomic mass is 16.5. The van der Waals surface area contributed by atoms with Gasteiger partial charge in [-0.25, -0.2) is 0 Å². The summed E-state index contributed by atoms with van der Waals surface area (Å²) in [6.07, 6.45) is 4.35. The Bertz CT molecular complexity index is 1020. The number of aryl methyl sites for hydroxylation is 1. The first kappa shape index (κ1) is 19.3. The first-order chi connectivity index (χ1) is 14.2. The number of aromatic amines is 1. The lowest BCUT2D eigenvalue weighted by Gasteiger charge is -2.34. The van der Waals surface area contributed by atoms with Crippen molar-refractivity contribution in [1.82, 2.24) is 14.8 Å². The van der Waals surface area contributed by atoms with Gasteiger partial charge in [-0.3, -0.25) is 9.69 Å². The second kappa shape index (κ2) is 8.53. The number of methoxy groups -OCH3 is 1. The first-order valence-corrected chi connectivity index (χ1v) is 10.1. The zero-order chi connectivity index (χ0) is 20.2. The van der Waals surface area contributed by atoms with Gasteiger partial charge in [0, 0.05) is 43.6 Å². The normalized spacial score (nSPS) is 15.3. The number of hydrogen-bond donors (Lipinski definition) is 1. The predicted molar refractivity (Wildman–Crippen MR) is 117 cm³/mol. The second-order valence-electron chi connectivity index (χ2n) is 7.44. The number of aromatic nitrogens is 1. The van der Waals surface area contributed by atoms with Gasteiger partial charge in [0.1, 0.15) is 11.4 Å². The molecule has 0 aliphatic carbocycles. The quantitative estimate of drug-likeness (QED) is 0.719. The first-order valence-electron chi connectivity index (χ1n) is 10.1. The second-order valence-corrected chi connectivity index (χ2v) is 7.44. The average Bonchev–Trinajstić information content (AvgIpc) is 3.10. The summed E-state index contributed by atoms with van der Waals surface area (Å²) in [7, 11) is 1.66. The fourth-order valence-corrected chi connectivity index (χ4v) is 3.84. The van der Waals surface area contributed by atoms with Crippen molar-refractivity contribution in [2.75, 3.05) is 39.8 Å². The monoisotopic (exact) mass is 389 g/mol. The number of benzene rings is 2. The van der Waals surface area contributed by atoms with Crippen molar-refractivity contribution in [3.63, 3.8) is 0 Å². The van der Waals surface area contributed by atoms with Crippen molar-refractivity contribution in [1.29, 1.82) is 0 Å². The minimum atomic E-state index is 0.0807. The van der Waals surface area contributed by atoms with E-state index < -0.39 is 0 Å². The number of carbonyl (C=O) groups is 1. The van der Waals surface area contributed by atoms with E-state index in [0.29, 0.717) is 5.69 Å². The third-order valence-electron chi connectivity index (χ3n) is 5.61. The lowest BCUT2D eigenvalue weighted by molar-refractivity contribution is 0.0644. The van der Waals surface area contributed by atoms with Gasteiger partial charge in [-0.15, -0.1) is 0 Å². The maximum absolute atomic E-state index is 13.1. The van der Waals surface area contributed by atoms with Crippen LogP contribution in [0.25, 0.3) is 17.0 Å². The van der Waals surface area contributed by atoms with Gasteiger partial charge in [0.15, 0.2) is 0 Å². The van der Waals surface area contributed by atoms with Gasteiger partial charge in [-0.2, -0.15) is 0 Å². The lowest BCUT2D eigenvalue weighted by Crippen LogP contribution is -2.48. The van der Waals surface area contributed by atoms with Gasteiger partial charge in [0.05, 0.1) is 7.11 Å². The number of nitrogens with zero attached hydrogens (tertiary/aromatic N) is 2. The summed E-state index contributed by atoms with van der Waals surface area (Å²) in [5.74, 6) is 0.882. The molecular weight excluding hydrogens is 362 g/mol. The molecule has 2 heterocycles. The fourth-order valence-electron chi connectivity index (χ4n) is 3.84. The summed E-state index contributed by atoms with van der Waals surface area (Å²) >= 11 is 0. The number of rotatable bonds is 5. The number of piperazine rings is 1. The number of amides is 1. The molecule has 1 N–H and O–H groups in total. The lowest BCUT2D eigenvalue weighted by atomic mass is 10.1. The maximum atomic E-state index is 13.1. The highest BCUT2D eigenvalue weighted by Gasteiger charge is 2.24. The molecule has 1 aromatic heterocycles. The smallest absolute Gasteiger partial charge is 0.270 e. The van der Waals surface area contributed by atoms with E-state index >= 15 is 0 Å². The minimum Gasteiger partial charge on any atom is -0.497 e. The Morgan fingerprint density at radius 1 is 1.10 bits per heavy atom. The number of carbonyl (C=O) groups excluding carboxylic acids is 1. The third kappa shape index (κ3) is 4.20. The molecule has 1 amide bonds. The van der Waals surface area contributed by atoms with Crippen LogP contribution in [0, 0.1) is 6.92 Å². The van der Waals surface area contributed by atoms with Crippen LogP contribution < -0.4 is 4.74 Å². The number of H-pyrrole nitrogens is 1. The zero-order valence-electron chi connectivity index (χ0n) is 17.0. The molecule has 0 unspecified atom stereocenters. The van der Waals surface area contributed by atoms with E-state index in [1.54, 1.807) is 7.11 Å². The van der Waals surface area contributed by atoms with Crippen molar-refractivity contribution >= 4 is 22.9 Å². The molecule has 0 bridgehead atoms. The minimum absolute atomic E-state index is 0.0807. The summed E-state index contributed by atoms with van der Waals surface area (Å²) < 4.78 is 5.32. The van der Waals surface area contributed by atoms with Crippen LogP contribution in [0.5, 0.6) is 5.75 Å². The highest BCUT2D eigenvalue weighted by Crippen LogP contribution is 2.27. The topological polar surface area (TPSA) is 48.6 Å². The summed E-state index contributed by atoms with van der Waals surface area (Å²) in [6.45, 7) is 6.17. The van der Waals surface area contributed by atoms with Crippen LogP contribution >= 0.6 is 0 Å². The van der Waals surface area contributed by atoms with Gasteiger partial charge in [-0.1, -0.05) is 42.5 Å². The van der Waals surface area contributed by atoms with Gasteiger partial charge in [0.25, 0.3) is 5.91 Å². The van der Waals surface area contributed by atoms with Crippen LogP contribution in [0.1, 0.15) is 21.6 Å². The Kier molecular flexibility index (Phi) is 5.67. The van der Waals surface area contributed by atoms with Crippen molar-refractivity contribution in [2.45, 2.75) is 6.92 Å². The molecule has 0 saturated carbocycles. The number of ether oxygens (including phenoxy) is 1. The molecule has 0 atom stereocenters. The molecule has 0 radical (unpaired) electrons. The molecule has 5 nitrogen and oxygen atoms in total. The van der Waals surface area contributed by atoms with Gasteiger partial charge < -0.3 is 14.6 Å². The van der Waals surface area contributed by atoms with E-state index in [1.807, 2.05) is 48.2 Å². The summed E-state index contributed by atoms with van der Waals surface area (Å²) in [5, 5.41) is 1.04. The predicted octanol–water partition coefficient (Wildman–Crippen LogP) is 3.96. The molecule has 29 heavy (non-hydrogen) atoms. The Morgan fingerprint density at radius 2 is 1.86 bits per heavy atom. The number of fused-ring (bicyclic) bond motifs is 1. The number of nitrogens with one attached hydrogen (secondary N) is 1. The molecule has 4 rings (SSSR count). The van der Waals surface area contributed by atoms with Gasteiger partial charge in [0.2, 0.25) is 0 Å². The number of hydrogen-bond acceptors (Lipinski definition) is 3. The molecule has 1 aliphatic heterocycles. The van der Waals surface area contributed by atoms with E-state index in [1.165, 1.54) is 5.56 Å². The Balaban J connectivity index is 1.37. The van der Waals surface area contributed by atoms with E-state index in [0.717, 1.165) is 54.9 Å². The molecule has 1 aliphatic rings. The molecule has 0 spiro atoms. The fraction of sp³-hybridized carbons (Fsp3) is 0.292. The largest absolute Gasteiger partial charge is 0.497 e. The maximum Gasteiger partial charge on any atom is 0.270 e. The van der Waals surface area contributed by atoms with Crippen molar-refractivity contribution < 1.29 is 9.53 Å². The van der Waals surface area contributed by atoms with Crippen LogP contribution in [-0.4, -0.2) is 60.5 Å². The molecule has 1 saturated heterocycles. The molecule has 1 fully saturated rings. The van der Waals surface area contributed by atoms with Crippen LogP contribution in [0.15, 0.2) is 54.6 Å². The highest BCUT2D eigenvalue weighted by molar-refractivity contribution is 6.01. The van der Waals surface area contributed by atoms with E-state index in [4.69, 9.17) is 4.74 Å². The third-order valence-corrected chi connectivity index (χ3v) is 5.61. The summed E-state index contributed by atoms with van der Waals surface area (Å²) in [5.41, 5.74) is 3.85. The summed E-state index contributed by atoms with van der Waals surface area (Å²) in [6, 6.07) is 16.2. The molecule has 5 heteroatoms. The van der Waals surface area contributed by atoms with Crippen LogP contribution in [0.3, 0.4) is 0 Å². The standard InChI is InChI=1S/C24H27N3O2/c1-18-21-17-20(29-2)10-11-22(21)25-23(18)24(28)27-15-13-26(14-16-27)12-6-9-19-7-4-3-5-8-19/h3-11,17,25H,12-16H2,1-2H3/b9-6+. The Morgan fingerprint density at radius 3 is 2.59 bits per heavy atom. The Hall–Kier alpha value is -3.05. The summed E-state index contributed by atoms with van der Waals surface area (Å²) in [4.78, 5) is 20.7. The van der Waals surface area contributed by atoms with Crippen LogP contribution in [0.2, 0.25) is 0 Å². The van der Waals surface area contributed by atoms with Crippen LogP contribution in [0.4, 0.5) is 0 Å². The van der Waals surface area contributed by atoms with Crippen molar-refractivity contribution in [3.8, 4) is 5.75 Å². The molecular formula is C24H27N3O2. The van der Waals surface area contributed by atoms with Crippen LogP contribution in [-0.2, 0) is 0 Å².